The number of nitrogens with one attached hydrogen (secondary N) is 1. The largest absolute Gasteiger partial charge is 0.320 e. The number of amides is 1. The molecule has 0 saturated heterocycles. The zero-order valence-electron chi connectivity index (χ0n) is 10.2. The number of hydrogen-bond donors (Lipinski definition) is 1. The maximum atomic E-state index is 13.1. The lowest BCUT2D eigenvalue weighted by molar-refractivity contribution is 0.102. The fraction of sp³-hybridized carbons (Fsp3) is 0.167. The second-order valence-electron chi connectivity index (χ2n) is 4.00. The Morgan fingerprint density at radius 3 is 2.74 bits per heavy atom. The fourth-order valence-corrected chi connectivity index (χ4v) is 2.56. The summed E-state index contributed by atoms with van der Waals surface area (Å²) in [6.45, 7) is 1.73. The van der Waals surface area contributed by atoms with Gasteiger partial charge in [-0.25, -0.2) is 4.39 Å². The Morgan fingerprint density at radius 2 is 2.21 bits per heavy atom. The molecule has 0 fully saturated rings. The highest BCUT2D eigenvalue weighted by molar-refractivity contribution is 9.10. The Kier molecular flexibility index (Phi) is 3.91. The molecule has 0 bridgehead atoms. The number of carbonyl (C=O) groups is 1. The second-order valence-corrected chi connectivity index (χ2v) is 5.26. The number of nitrogens with zero attached hydrogens (tertiary/aromatic N) is 2. The third-order valence-electron chi connectivity index (χ3n) is 2.50. The molecule has 0 aliphatic rings. The maximum absolute atomic E-state index is 13.1. The Labute approximate surface area is 122 Å². The fourth-order valence-electron chi connectivity index (χ4n) is 1.67. The molecule has 2 aromatic rings. The van der Waals surface area contributed by atoms with Gasteiger partial charge >= 0.3 is 0 Å². The van der Waals surface area contributed by atoms with Crippen molar-refractivity contribution in [3.63, 3.8) is 0 Å². The van der Waals surface area contributed by atoms with E-state index in [1.807, 2.05) is 0 Å². The average molecular weight is 347 g/mol. The van der Waals surface area contributed by atoms with Crippen molar-refractivity contribution in [1.82, 2.24) is 9.78 Å². The molecule has 4 nitrogen and oxygen atoms in total. The van der Waals surface area contributed by atoms with Crippen molar-refractivity contribution in [2.75, 3.05) is 5.32 Å². The van der Waals surface area contributed by atoms with Gasteiger partial charge < -0.3 is 5.32 Å². The predicted molar refractivity (Wildman–Crippen MR) is 75.0 cm³/mol. The van der Waals surface area contributed by atoms with Crippen molar-refractivity contribution in [2.24, 2.45) is 7.05 Å². The van der Waals surface area contributed by atoms with Crippen molar-refractivity contribution in [3.05, 3.63) is 44.9 Å². The van der Waals surface area contributed by atoms with E-state index in [2.05, 4.69) is 26.3 Å². The van der Waals surface area contributed by atoms with Gasteiger partial charge in [-0.2, -0.15) is 5.10 Å². The number of benzene rings is 1. The lowest BCUT2D eigenvalue weighted by Crippen LogP contribution is -2.13. The summed E-state index contributed by atoms with van der Waals surface area (Å²) >= 11 is 9.07. The van der Waals surface area contributed by atoms with E-state index in [0.717, 1.165) is 6.07 Å². The zero-order valence-corrected chi connectivity index (χ0v) is 12.5. The minimum Gasteiger partial charge on any atom is -0.320 e. The summed E-state index contributed by atoms with van der Waals surface area (Å²) in [7, 11) is 1.73. The molecular formula is C12H10BrClFN3O. The van der Waals surface area contributed by atoms with Crippen LogP contribution in [-0.2, 0) is 7.05 Å². The molecule has 1 aromatic carbocycles. The molecule has 0 saturated carbocycles. The number of hydrogen-bond acceptors (Lipinski definition) is 2. The molecule has 1 amide bonds. The zero-order chi connectivity index (χ0) is 14.2. The summed E-state index contributed by atoms with van der Waals surface area (Å²) in [5.41, 5.74) is 1.38. The van der Waals surface area contributed by atoms with Crippen molar-refractivity contribution in [2.45, 2.75) is 6.92 Å². The third kappa shape index (κ3) is 2.96. The Hall–Kier alpha value is -1.40. The Morgan fingerprint density at radius 1 is 1.53 bits per heavy atom. The third-order valence-corrected chi connectivity index (χ3v) is 3.43. The summed E-state index contributed by atoms with van der Waals surface area (Å²) < 4.78 is 15.0. The molecule has 0 unspecified atom stereocenters. The molecule has 19 heavy (non-hydrogen) atoms. The van der Waals surface area contributed by atoms with E-state index in [1.54, 1.807) is 24.9 Å². The molecule has 1 aromatic heterocycles. The molecule has 1 heterocycles. The lowest BCUT2D eigenvalue weighted by atomic mass is 10.2. The smallest absolute Gasteiger partial charge is 0.259 e. The van der Waals surface area contributed by atoms with E-state index in [9.17, 15) is 9.18 Å². The van der Waals surface area contributed by atoms with Gasteiger partial charge in [-0.1, -0.05) is 11.6 Å². The second kappa shape index (κ2) is 5.30. The molecule has 100 valence electrons. The van der Waals surface area contributed by atoms with E-state index in [4.69, 9.17) is 11.6 Å². The summed E-state index contributed by atoms with van der Waals surface area (Å²) in [4.78, 5) is 12.1. The van der Waals surface area contributed by atoms with Crippen LogP contribution in [0.5, 0.6) is 0 Å². The summed E-state index contributed by atoms with van der Waals surface area (Å²) in [6, 6.07) is 2.37. The molecule has 0 aliphatic heterocycles. The van der Waals surface area contributed by atoms with Gasteiger partial charge in [-0.15, -0.1) is 0 Å². The Bertz CT molecular complexity index is 633. The van der Waals surface area contributed by atoms with Gasteiger partial charge in [0.25, 0.3) is 5.91 Å². The van der Waals surface area contributed by atoms with Crippen LogP contribution in [0.4, 0.5) is 10.1 Å². The minimum absolute atomic E-state index is 0.127. The molecule has 0 spiro atoms. The van der Waals surface area contributed by atoms with Crippen LogP contribution in [0.15, 0.2) is 22.8 Å². The van der Waals surface area contributed by atoms with Crippen LogP contribution in [0.25, 0.3) is 0 Å². The van der Waals surface area contributed by atoms with E-state index >= 15 is 0 Å². The number of anilines is 1. The van der Waals surface area contributed by atoms with Crippen molar-refractivity contribution in [1.29, 1.82) is 0 Å². The number of rotatable bonds is 2. The SMILES string of the molecule is Cc1nn(C)cc1C(=O)Nc1c(Cl)cc(F)cc1Br. The number of carbonyl (C=O) groups excluding carboxylic acids is 1. The number of aryl methyl sites for hydroxylation is 2. The Balaban J connectivity index is 2.32. The van der Waals surface area contributed by atoms with Gasteiger partial charge in [0.1, 0.15) is 5.82 Å². The predicted octanol–water partition coefficient (Wildman–Crippen LogP) is 3.54. The van der Waals surface area contributed by atoms with Crippen LogP contribution >= 0.6 is 27.5 Å². The van der Waals surface area contributed by atoms with Crippen LogP contribution in [0.2, 0.25) is 5.02 Å². The average Bonchev–Trinajstić information content (AvgIpc) is 2.62. The first-order valence-electron chi connectivity index (χ1n) is 5.34. The highest BCUT2D eigenvalue weighted by Gasteiger charge is 2.16. The van der Waals surface area contributed by atoms with Crippen LogP contribution < -0.4 is 5.32 Å². The monoisotopic (exact) mass is 345 g/mol. The van der Waals surface area contributed by atoms with Gasteiger partial charge in [0, 0.05) is 17.7 Å². The molecule has 7 heteroatoms. The molecule has 0 atom stereocenters. The van der Waals surface area contributed by atoms with Crippen molar-refractivity contribution >= 4 is 39.1 Å². The van der Waals surface area contributed by atoms with E-state index in [0.29, 0.717) is 21.4 Å². The van der Waals surface area contributed by atoms with Gasteiger partial charge in [-0.05, 0) is 35.0 Å². The topological polar surface area (TPSA) is 46.9 Å². The number of halogens is 3. The quantitative estimate of drug-likeness (QED) is 0.904. The highest BCUT2D eigenvalue weighted by atomic mass is 79.9. The normalized spacial score (nSPS) is 10.6. The van der Waals surface area contributed by atoms with Gasteiger partial charge in [0.05, 0.1) is 22.0 Å². The van der Waals surface area contributed by atoms with E-state index in [1.165, 1.54) is 6.07 Å². The van der Waals surface area contributed by atoms with Crippen LogP contribution in [-0.4, -0.2) is 15.7 Å². The van der Waals surface area contributed by atoms with Crippen molar-refractivity contribution < 1.29 is 9.18 Å². The van der Waals surface area contributed by atoms with Crippen LogP contribution in [0.3, 0.4) is 0 Å². The first-order chi connectivity index (χ1) is 8.88. The first-order valence-corrected chi connectivity index (χ1v) is 6.51. The maximum Gasteiger partial charge on any atom is 0.259 e. The van der Waals surface area contributed by atoms with Crippen molar-refractivity contribution in [3.8, 4) is 0 Å². The number of aromatic nitrogens is 2. The first kappa shape index (κ1) is 14.0. The summed E-state index contributed by atoms with van der Waals surface area (Å²) in [6.07, 6.45) is 1.61. The highest BCUT2D eigenvalue weighted by Crippen LogP contribution is 2.32. The van der Waals surface area contributed by atoms with E-state index in [-0.39, 0.29) is 10.9 Å². The van der Waals surface area contributed by atoms with Gasteiger partial charge in [0.15, 0.2) is 0 Å². The van der Waals surface area contributed by atoms with Crippen LogP contribution in [0, 0.1) is 12.7 Å². The standard InChI is InChI=1S/C12H10BrClFN3O/c1-6-8(5-18(2)17-6)12(19)16-11-9(13)3-7(15)4-10(11)14/h3-5H,1-2H3,(H,16,19). The molecule has 1 N–H and O–H groups in total. The molecule has 0 aliphatic carbocycles. The molecule has 0 radical (unpaired) electrons. The molecular weight excluding hydrogens is 337 g/mol. The van der Waals surface area contributed by atoms with E-state index < -0.39 is 5.82 Å². The van der Waals surface area contributed by atoms with Gasteiger partial charge in [-0.3, -0.25) is 9.48 Å². The molecule has 2 rings (SSSR count). The minimum atomic E-state index is -0.479. The summed E-state index contributed by atoms with van der Waals surface area (Å²) in [5, 5.41) is 6.85. The van der Waals surface area contributed by atoms with Crippen LogP contribution in [0.1, 0.15) is 16.1 Å². The van der Waals surface area contributed by atoms with Gasteiger partial charge in [0.2, 0.25) is 0 Å². The lowest BCUT2D eigenvalue weighted by Gasteiger charge is -2.09. The summed E-state index contributed by atoms with van der Waals surface area (Å²) in [5.74, 6) is -0.827.